The Labute approximate surface area is 116 Å². The highest BCUT2D eigenvalue weighted by Gasteiger charge is 2.51. The van der Waals surface area contributed by atoms with Crippen LogP contribution in [0.1, 0.15) is 31.5 Å². The molecule has 3 rings (SSSR count). The summed E-state index contributed by atoms with van der Waals surface area (Å²) in [5, 5.41) is 0.865. The van der Waals surface area contributed by atoms with Gasteiger partial charge >= 0.3 is 0 Å². The van der Waals surface area contributed by atoms with E-state index in [1.807, 2.05) is 12.3 Å². The molecular weight excluding hydrogens is 262 g/mol. The summed E-state index contributed by atoms with van der Waals surface area (Å²) in [5.41, 5.74) is 4.94. The van der Waals surface area contributed by atoms with E-state index in [4.69, 9.17) is 10.5 Å². The number of nitrogens with zero attached hydrogens (tertiary/aromatic N) is 2. The van der Waals surface area contributed by atoms with Gasteiger partial charge in [-0.2, -0.15) is 0 Å². The molecule has 19 heavy (non-hydrogen) atoms. The third kappa shape index (κ3) is 2.12. The van der Waals surface area contributed by atoms with Gasteiger partial charge in [0.25, 0.3) is 0 Å². The second-order valence-electron chi connectivity index (χ2n) is 5.23. The number of hydrogen-bond donors (Lipinski definition) is 1. The highest BCUT2D eigenvalue weighted by molar-refractivity contribution is 7.98. The van der Waals surface area contributed by atoms with Gasteiger partial charge in [-0.05, 0) is 38.0 Å². The van der Waals surface area contributed by atoms with Crippen molar-refractivity contribution in [2.24, 2.45) is 5.73 Å². The van der Waals surface area contributed by atoms with Gasteiger partial charge in [-0.3, -0.25) is 4.79 Å². The number of nitrogens with two attached hydrogens (primary N) is 1. The molecule has 1 aromatic rings. The van der Waals surface area contributed by atoms with E-state index >= 15 is 0 Å². The molecular formula is C13H17N3O2S. The molecule has 0 aromatic carbocycles. The van der Waals surface area contributed by atoms with Gasteiger partial charge < -0.3 is 10.5 Å². The number of primary amides is 1. The van der Waals surface area contributed by atoms with Crippen LogP contribution in [0, 0.1) is 0 Å². The maximum Gasteiger partial charge on any atom is 0.231 e. The number of thioether (sulfide) groups is 1. The lowest BCUT2D eigenvalue weighted by Crippen LogP contribution is -2.49. The molecule has 2 atom stereocenters. The Bertz CT molecular complexity index is 496. The predicted molar refractivity (Wildman–Crippen MR) is 71.8 cm³/mol. The maximum atomic E-state index is 12.1. The standard InChI is InChI=1S/C13H17N3O2S/c1-19-10-4-5-15-12(16-10)13(11(14)17)6-8-2-3-9(7-13)18-8/h4-5,8-9H,2-3,6-7H2,1H3,(H2,14,17). The van der Waals surface area contributed by atoms with Gasteiger partial charge in [-0.15, -0.1) is 11.8 Å². The van der Waals surface area contributed by atoms with E-state index < -0.39 is 5.41 Å². The third-order valence-electron chi connectivity index (χ3n) is 4.09. The smallest absolute Gasteiger partial charge is 0.231 e. The lowest BCUT2D eigenvalue weighted by molar-refractivity contribution is -0.131. The van der Waals surface area contributed by atoms with E-state index in [9.17, 15) is 4.79 Å². The van der Waals surface area contributed by atoms with Crippen molar-refractivity contribution in [1.29, 1.82) is 0 Å². The normalized spacial score (nSPS) is 33.3. The quantitative estimate of drug-likeness (QED) is 0.666. The van der Waals surface area contributed by atoms with E-state index in [-0.39, 0.29) is 18.1 Å². The Morgan fingerprint density at radius 1 is 1.47 bits per heavy atom. The molecule has 2 saturated heterocycles. The molecule has 1 aromatic heterocycles. The largest absolute Gasteiger partial charge is 0.375 e. The summed E-state index contributed by atoms with van der Waals surface area (Å²) in [6, 6.07) is 1.84. The summed E-state index contributed by atoms with van der Waals surface area (Å²) >= 11 is 1.54. The Hall–Kier alpha value is -1.14. The Kier molecular flexibility index (Phi) is 3.22. The minimum absolute atomic E-state index is 0.118. The molecule has 2 bridgehead atoms. The summed E-state index contributed by atoms with van der Waals surface area (Å²) in [6.45, 7) is 0. The van der Waals surface area contributed by atoms with Crippen molar-refractivity contribution in [3.63, 3.8) is 0 Å². The molecule has 0 spiro atoms. The first-order chi connectivity index (χ1) is 9.14. The van der Waals surface area contributed by atoms with Crippen molar-refractivity contribution in [3.8, 4) is 0 Å². The van der Waals surface area contributed by atoms with Gasteiger partial charge in [0, 0.05) is 6.20 Å². The second kappa shape index (κ2) is 4.76. The van der Waals surface area contributed by atoms with E-state index in [1.165, 1.54) is 0 Å². The summed E-state index contributed by atoms with van der Waals surface area (Å²) in [6.07, 6.45) is 7.12. The second-order valence-corrected chi connectivity index (χ2v) is 6.06. The Balaban J connectivity index is 2.02. The Morgan fingerprint density at radius 2 is 2.16 bits per heavy atom. The van der Waals surface area contributed by atoms with Crippen LogP contribution in [-0.2, 0) is 14.9 Å². The fraction of sp³-hybridized carbons (Fsp3) is 0.615. The minimum Gasteiger partial charge on any atom is -0.375 e. The molecule has 0 radical (unpaired) electrons. The predicted octanol–water partition coefficient (Wildman–Crippen LogP) is 1.26. The number of hydrogen-bond acceptors (Lipinski definition) is 5. The van der Waals surface area contributed by atoms with Crippen LogP contribution < -0.4 is 5.73 Å². The molecule has 2 aliphatic heterocycles. The number of aromatic nitrogens is 2. The van der Waals surface area contributed by atoms with E-state index in [0.717, 1.165) is 17.9 Å². The minimum atomic E-state index is -0.754. The molecule has 2 unspecified atom stereocenters. The first-order valence-electron chi connectivity index (χ1n) is 6.47. The van der Waals surface area contributed by atoms with Crippen molar-refractivity contribution in [3.05, 3.63) is 18.1 Å². The van der Waals surface area contributed by atoms with Gasteiger partial charge in [0.15, 0.2) is 0 Å². The molecule has 2 fully saturated rings. The zero-order valence-corrected chi connectivity index (χ0v) is 11.7. The summed E-state index contributed by atoms with van der Waals surface area (Å²) in [5.74, 6) is 0.234. The molecule has 102 valence electrons. The summed E-state index contributed by atoms with van der Waals surface area (Å²) < 4.78 is 5.81. The topological polar surface area (TPSA) is 78.1 Å². The van der Waals surface area contributed by atoms with Gasteiger partial charge in [0.1, 0.15) is 11.2 Å². The van der Waals surface area contributed by atoms with E-state index in [2.05, 4.69) is 9.97 Å². The number of rotatable bonds is 3. The van der Waals surface area contributed by atoms with Crippen molar-refractivity contribution >= 4 is 17.7 Å². The van der Waals surface area contributed by atoms with Crippen LogP contribution >= 0.6 is 11.8 Å². The fourth-order valence-electron chi connectivity index (χ4n) is 3.12. The molecule has 5 nitrogen and oxygen atoms in total. The lowest BCUT2D eigenvalue weighted by atomic mass is 9.76. The third-order valence-corrected chi connectivity index (χ3v) is 4.73. The van der Waals surface area contributed by atoms with Crippen molar-refractivity contribution in [1.82, 2.24) is 9.97 Å². The lowest BCUT2D eigenvalue weighted by Gasteiger charge is -2.36. The number of carbonyl (C=O) groups excluding carboxylic acids is 1. The first-order valence-corrected chi connectivity index (χ1v) is 7.69. The fourth-order valence-corrected chi connectivity index (χ4v) is 3.50. The van der Waals surface area contributed by atoms with Crippen LogP contribution in [0.2, 0.25) is 0 Å². The van der Waals surface area contributed by atoms with Crippen molar-refractivity contribution in [2.75, 3.05) is 6.26 Å². The number of ether oxygens (including phenoxy) is 1. The van der Waals surface area contributed by atoms with Crippen molar-refractivity contribution < 1.29 is 9.53 Å². The van der Waals surface area contributed by atoms with Gasteiger partial charge in [0.2, 0.25) is 5.91 Å². The number of fused-ring (bicyclic) bond motifs is 2. The SMILES string of the molecule is CSc1ccnc(C2(C(N)=O)CC3CCC(C2)O3)n1. The van der Waals surface area contributed by atoms with E-state index in [1.54, 1.807) is 18.0 Å². The van der Waals surface area contributed by atoms with E-state index in [0.29, 0.717) is 18.7 Å². The molecule has 0 saturated carbocycles. The van der Waals surface area contributed by atoms with Crippen LogP contribution in [0.15, 0.2) is 17.3 Å². The molecule has 2 aliphatic rings. The van der Waals surface area contributed by atoms with Crippen LogP contribution in [0.25, 0.3) is 0 Å². The maximum absolute atomic E-state index is 12.1. The van der Waals surface area contributed by atoms with Crippen LogP contribution in [0.4, 0.5) is 0 Å². The highest BCUT2D eigenvalue weighted by Crippen LogP contribution is 2.44. The molecule has 2 N–H and O–H groups in total. The van der Waals surface area contributed by atoms with Gasteiger partial charge in [-0.25, -0.2) is 9.97 Å². The molecule has 0 aliphatic carbocycles. The zero-order chi connectivity index (χ0) is 13.5. The van der Waals surface area contributed by atoms with Crippen LogP contribution in [-0.4, -0.2) is 34.3 Å². The first kappa shape index (κ1) is 12.9. The van der Waals surface area contributed by atoms with Crippen molar-refractivity contribution in [2.45, 2.75) is 48.3 Å². The Morgan fingerprint density at radius 3 is 2.74 bits per heavy atom. The van der Waals surface area contributed by atoms with Gasteiger partial charge in [0.05, 0.1) is 17.2 Å². The average Bonchev–Trinajstić information content (AvgIpc) is 2.77. The monoisotopic (exact) mass is 279 g/mol. The number of amides is 1. The number of carbonyl (C=O) groups is 1. The van der Waals surface area contributed by atoms with Crippen LogP contribution in [0.5, 0.6) is 0 Å². The summed E-state index contributed by atoms with van der Waals surface area (Å²) in [7, 11) is 0. The zero-order valence-electron chi connectivity index (χ0n) is 10.8. The molecule has 6 heteroatoms. The average molecular weight is 279 g/mol. The molecule has 3 heterocycles. The summed E-state index contributed by atoms with van der Waals surface area (Å²) in [4.78, 5) is 20.9. The highest BCUT2D eigenvalue weighted by atomic mass is 32.2. The van der Waals surface area contributed by atoms with Gasteiger partial charge in [-0.1, -0.05) is 0 Å². The molecule has 1 amide bonds. The van der Waals surface area contributed by atoms with Crippen LogP contribution in [0.3, 0.4) is 0 Å².